The van der Waals surface area contributed by atoms with E-state index in [1.165, 1.54) is 0 Å². The average Bonchev–Trinajstić information content (AvgIpc) is 2.64. The molecule has 0 unspecified atom stereocenters. The van der Waals surface area contributed by atoms with E-state index in [4.69, 9.17) is 15.0 Å². The van der Waals surface area contributed by atoms with Crippen molar-refractivity contribution in [2.24, 2.45) is 0 Å². The highest BCUT2D eigenvalue weighted by molar-refractivity contribution is 5.41. The van der Waals surface area contributed by atoms with Gasteiger partial charge in [-0.3, -0.25) is 0 Å². The van der Waals surface area contributed by atoms with Crippen LogP contribution in [0.5, 0.6) is 5.75 Å². The fourth-order valence-electron chi connectivity index (χ4n) is 1.20. The van der Waals surface area contributed by atoms with Gasteiger partial charge in [0.2, 0.25) is 0 Å². The maximum absolute atomic E-state index is 5.55. The second-order valence-corrected chi connectivity index (χ2v) is 3.29. The number of aromatic nitrogens is 1. The van der Waals surface area contributed by atoms with E-state index in [2.05, 4.69) is 5.16 Å². The largest absolute Gasteiger partial charge is 0.486 e. The molecular formula is C11H12N2O2. The summed E-state index contributed by atoms with van der Waals surface area (Å²) < 4.78 is 10.5. The Morgan fingerprint density at radius 3 is 2.67 bits per heavy atom. The first kappa shape index (κ1) is 9.58. The molecule has 0 spiro atoms. The van der Waals surface area contributed by atoms with E-state index < -0.39 is 0 Å². The number of rotatable bonds is 3. The van der Waals surface area contributed by atoms with Gasteiger partial charge in [0.15, 0.2) is 5.76 Å². The Morgan fingerprint density at radius 2 is 2.07 bits per heavy atom. The molecule has 0 aliphatic heterocycles. The van der Waals surface area contributed by atoms with Crippen molar-refractivity contribution in [2.45, 2.75) is 13.5 Å². The molecule has 0 saturated heterocycles. The lowest BCUT2D eigenvalue weighted by molar-refractivity contribution is 0.249. The van der Waals surface area contributed by atoms with Crippen LogP contribution in [0.4, 0.5) is 5.69 Å². The number of anilines is 1. The van der Waals surface area contributed by atoms with Gasteiger partial charge < -0.3 is 15.0 Å². The summed E-state index contributed by atoms with van der Waals surface area (Å²) in [6.07, 6.45) is 0. The number of hydrogen-bond donors (Lipinski definition) is 1. The molecule has 4 nitrogen and oxygen atoms in total. The number of hydrogen-bond acceptors (Lipinski definition) is 4. The lowest BCUT2D eigenvalue weighted by Crippen LogP contribution is -1.93. The van der Waals surface area contributed by atoms with Crippen LogP contribution in [-0.4, -0.2) is 5.16 Å². The van der Waals surface area contributed by atoms with Crippen molar-refractivity contribution in [2.75, 3.05) is 5.73 Å². The zero-order valence-electron chi connectivity index (χ0n) is 8.43. The highest BCUT2D eigenvalue weighted by atomic mass is 16.5. The van der Waals surface area contributed by atoms with Gasteiger partial charge >= 0.3 is 0 Å². The summed E-state index contributed by atoms with van der Waals surface area (Å²) in [6, 6.07) is 9.07. The summed E-state index contributed by atoms with van der Waals surface area (Å²) >= 11 is 0. The van der Waals surface area contributed by atoms with Crippen molar-refractivity contribution in [3.05, 3.63) is 41.8 Å². The fourth-order valence-corrected chi connectivity index (χ4v) is 1.20. The molecule has 4 heteroatoms. The Kier molecular flexibility index (Phi) is 2.58. The lowest BCUT2D eigenvalue weighted by atomic mass is 10.3. The van der Waals surface area contributed by atoms with Crippen LogP contribution in [0.2, 0.25) is 0 Å². The van der Waals surface area contributed by atoms with Crippen molar-refractivity contribution < 1.29 is 9.26 Å². The first-order valence-electron chi connectivity index (χ1n) is 4.64. The summed E-state index contributed by atoms with van der Waals surface area (Å²) in [7, 11) is 0. The van der Waals surface area contributed by atoms with E-state index in [0.29, 0.717) is 12.4 Å². The number of nitrogen functional groups attached to an aromatic ring is 1. The topological polar surface area (TPSA) is 61.3 Å². The summed E-state index contributed by atoms with van der Waals surface area (Å²) in [6.45, 7) is 2.25. The molecule has 0 aliphatic rings. The minimum Gasteiger partial charge on any atom is -0.486 e. The molecule has 1 aromatic heterocycles. The molecule has 0 bridgehead atoms. The molecule has 2 aromatic rings. The molecule has 1 heterocycles. The van der Waals surface area contributed by atoms with Crippen LogP contribution in [-0.2, 0) is 6.61 Å². The van der Waals surface area contributed by atoms with Crippen LogP contribution in [0.25, 0.3) is 0 Å². The zero-order valence-corrected chi connectivity index (χ0v) is 8.43. The molecule has 78 valence electrons. The second-order valence-electron chi connectivity index (χ2n) is 3.29. The second kappa shape index (κ2) is 4.04. The monoisotopic (exact) mass is 204 g/mol. The maximum Gasteiger partial charge on any atom is 0.174 e. The van der Waals surface area contributed by atoms with Crippen LogP contribution in [0, 0.1) is 6.92 Å². The summed E-state index contributed by atoms with van der Waals surface area (Å²) in [4.78, 5) is 0. The average molecular weight is 204 g/mol. The Labute approximate surface area is 87.6 Å². The van der Waals surface area contributed by atoms with E-state index >= 15 is 0 Å². The third kappa shape index (κ3) is 2.49. The SMILES string of the molecule is Cc1cc(COc2ccc(N)cc2)on1. The van der Waals surface area contributed by atoms with E-state index in [0.717, 1.165) is 17.1 Å². The maximum atomic E-state index is 5.55. The van der Waals surface area contributed by atoms with Gasteiger partial charge in [0.1, 0.15) is 12.4 Å². The molecule has 0 amide bonds. The molecule has 0 radical (unpaired) electrons. The van der Waals surface area contributed by atoms with E-state index in [1.807, 2.05) is 25.1 Å². The van der Waals surface area contributed by atoms with Gasteiger partial charge in [0.05, 0.1) is 5.69 Å². The normalized spacial score (nSPS) is 10.2. The smallest absolute Gasteiger partial charge is 0.174 e. The molecule has 0 aliphatic carbocycles. The van der Waals surface area contributed by atoms with Crippen molar-refractivity contribution in [1.29, 1.82) is 0 Å². The third-order valence-corrected chi connectivity index (χ3v) is 1.94. The quantitative estimate of drug-likeness (QED) is 0.778. The molecule has 15 heavy (non-hydrogen) atoms. The molecule has 0 fully saturated rings. The minimum absolute atomic E-state index is 0.380. The molecule has 2 rings (SSSR count). The number of aryl methyl sites for hydroxylation is 1. The summed E-state index contributed by atoms with van der Waals surface area (Å²) in [5, 5.41) is 3.77. The fraction of sp³-hybridized carbons (Fsp3) is 0.182. The van der Waals surface area contributed by atoms with Crippen molar-refractivity contribution >= 4 is 5.69 Å². The van der Waals surface area contributed by atoms with Gasteiger partial charge in [0, 0.05) is 11.8 Å². The Balaban J connectivity index is 1.96. The predicted octanol–water partition coefficient (Wildman–Crippen LogP) is 2.14. The highest BCUT2D eigenvalue weighted by Crippen LogP contribution is 2.15. The van der Waals surface area contributed by atoms with Crippen LogP contribution in [0.15, 0.2) is 34.9 Å². The molecule has 1 aromatic carbocycles. The summed E-state index contributed by atoms with van der Waals surface area (Å²) in [5.74, 6) is 1.47. The van der Waals surface area contributed by atoms with Crippen LogP contribution < -0.4 is 10.5 Å². The Hall–Kier alpha value is -1.97. The first-order chi connectivity index (χ1) is 7.24. The standard InChI is InChI=1S/C11H12N2O2/c1-8-6-11(15-13-8)7-14-10-4-2-9(12)3-5-10/h2-6H,7,12H2,1H3. The van der Waals surface area contributed by atoms with Crippen LogP contribution in [0.1, 0.15) is 11.5 Å². The number of benzene rings is 1. The molecule has 2 N–H and O–H groups in total. The number of ether oxygens (including phenoxy) is 1. The van der Waals surface area contributed by atoms with Gasteiger partial charge in [-0.1, -0.05) is 5.16 Å². The van der Waals surface area contributed by atoms with Crippen molar-refractivity contribution in [3.63, 3.8) is 0 Å². The van der Waals surface area contributed by atoms with E-state index in [1.54, 1.807) is 12.1 Å². The van der Waals surface area contributed by atoms with Crippen molar-refractivity contribution in [3.8, 4) is 5.75 Å². The van der Waals surface area contributed by atoms with Crippen molar-refractivity contribution in [1.82, 2.24) is 5.16 Å². The first-order valence-corrected chi connectivity index (χ1v) is 4.64. The minimum atomic E-state index is 0.380. The molecule has 0 saturated carbocycles. The van der Waals surface area contributed by atoms with Gasteiger partial charge in [-0.2, -0.15) is 0 Å². The van der Waals surface area contributed by atoms with Gasteiger partial charge in [0.25, 0.3) is 0 Å². The zero-order chi connectivity index (χ0) is 10.7. The van der Waals surface area contributed by atoms with E-state index in [-0.39, 0.29) is 0 Å². The molecule has 0 atom stereocenters. The van der Waals surface area contributed by atoms with Crippen LogP contribution >= 0.6 is 0 Å². The van der Waals surface area contributed by atoms with Gasteiger partial charge in [-0.25, -0.2) is 0 Å². The van der Waals surface area contributed by atoms with Crippen LogP contribution in [0.3, 0.4) is 0 Å². The summed E-state index contributed by atoms with van der Waals surface area (Å²) in [5.41, 5.74) is 7.13. The van der Waals surface area contributed by atoms with E-state index in [9.17, 15) is 0 Å². The lowest BCUT2D eigenvalue weighted by Gasteiger charge is -2.03. The number of nitrogens with two attached hydrogens (primary N) is 1. The number of nitrogens with zero attached hydrogens (tertiary/aromatic N) is 1. The Morgan fingerprint density at radius 1 is 1.33 bits per heavy atom. The third-order valence-electron chi connectivity index (χ3n) is 1.94. The van der Waals surface area contributed by atoms with Gasteiger partial charge in [-0.15, -0.1) is 0 Å². The molecular weight excluding hydrogens is 192 g/mol. The van der Waals surface area contributed by atoms with Gasteiger partial charge in [-0.05, 0) is 31.2 Å². The Bertz CT molecular complexity index is 434. The predicted molar refractivity (Wildman–Crippen MR) is 56.4 cm³/mol. The highest BCUT2D eigenvalue weighted by Gasteiger charge is 2.01.